The van der Waals surface area contributed by atoms with Gasteiger partial charge >= 0.3 is 51.4 Å². The number of hydrogen-bond acceptors (Lipinski definition) is 7. The molecule has 2 atom stereocenters. The maximum absolute atomic E-state index is 10.7. The molecule has 1 aromatic rings. The Bertz CT molecular complexity index is 515. The number of thiophene rings is 1. The van der Waals surface area contributed by atoms with Crippen LogP contribution in [0.3, 0.4) is 0 Å². The number of hydrogen-bond donors (Lipinski definition) is 0. The second-order valence-electron chi connectivity index (χ2n) is 4.32. The Labute approximate surface area is 165 Å². The third-order valence-electron chi connectivity index (χ3n) is 2.78. The molecule has 6 nitrogen and oxygen atoms in total. The van der Waals surface area contributed by atoms with Crippen LogP contribution >= 0.6 is 11.3 Å². The number of rotatable bonds is 6. The molecule has 0 radical (unpaired) electrons. The van der Waals surface area contributed by atoms with Gasteiger partial charge in [-0.25, -0.2) is 8.42 Å². The fraction of sp³-hybridized carbons (Fsp3) is 0.636. The minimum Gasteiger partial charge on any atom is -0.748 e. The summed E-state index contributed by atoms with van der Waals surface area (Å²) in [4.78, 5) is 0. The minimum absolute atomic E-state index is 0. The van der Waals surface area contributed by atoms with E-state index in [0.717, 1.165) is 5.75 Å². The Hall–Kier alpha value is 0.806. The van der Waals surface area contributed by atoms with Crippen LogP contribution in [0.15, 0.2) is 10.8 Å². The predicted molar refractivity (Wildman–Crippen MR) is 68.8 cm³/mol. The summed E-state index contributed by atoms with van der Waals surface area (Å²) in [6.45, 7) is 2.29. The molecule has 0 spiro atoms. The summed E-state index contributed by atoms with van der Waals surface area (Å²) in [5, 5.41) is 2.79. The first-order valence-corrected chi connectivity index (χ1v) is 8.26. The fourth-order valence-electron chi connectivity index (χ4n) is 1.55. The number of ether oxygens (including phenoxy) is 3. The van der Waals surface area contributed by atoms with Crippen molar-refractivity contribution in [3.63, 3.8) is 0 Å². The molecule has 2 unspecified atom stereocenters. The van der Waals surface area contributed by atoms with Gasteiger partial charge < -0.3 is 18.8 Å². The SMILES string of the molecule is CC(CCOCC1COc2cscc2O1)S(=O)(=O)[O-].[K+]. The van der Waals surface area contributed by atoms with Crippen molar-refractivity contribution in [2.45, 2.75) is 24.7 Å². The Kier molecular flexibility index (Phi) is 7.96. The molecule has 0 fully saturated rings. The zero-order valence-corrected chi connectivity index (χ0v) is 16.2. The molecule has 0 aliphatic carbocycles. The van der Waals surface area contributed by atoms with E-state index < -0.39 is 15.4 Å². The molecule has 9 heteroatoms. The third-order valence-corrected chi connectivity index (χ3v) is 4.70. The maximum Gasteiger partial charge on any atom is 1.00 e. The van der Waals surface area contributed by atoms with Gasteiger partial charge in [0.25, 0.3) is 0 Å². The van der Waals surface area contributed by atoms with E-state index in [2.05, 4.69) is 0 Å². The zero-order chi connectivity index (χ0) is 13.9. The normalized spacial score (nSPS) is 19.2. The maximum atomic E-state index is 10.7. The van der Waals surface area contributed by atoms with Crippen molar-refractivity contribution in [3.05, 3.63) is 10.8 Å². The molecule has 0 saturated carbocycles. The number of fused-ring (bicyclic) bond motifs is 1. The van der Waals surface area contributed by atoms with Gasteiger partial charge in [-0.3, -0.25) is 0 Å². The first-order chi connectivity index (χ1) is 8.97. The van der Waals surface area contributed by atoms with Crippen molar-refractivity contribution < 1.29 is 78.6 Å². The van der Waals surface area contributed by atoms with Crippen LogP contribution in [0.5, 0.6) is 11.5 Å². The van der Waals surface area contributed by atoms with Crippen LogP contribution < -0.4 is 60.9 Å². The molecule has 2 heterocycles. The average molecular weight is 346 g/mol. The Morgan fingerprint density at radius 2 is 2.20 bits per heavy atom. The van der Waals surface area contributed by atoms with E-state index in [-0.39, 0.29) is 70.5 Å². The molecule has 1 aliphatic rings. The van der Waals surface area contributed by atoms with Gasteiger partial charge in [0.2, 0.25) is 0 Å². The molecule has 0 aromatic carbocycles. The van der Waals surface area contributed by atoms with Gasteiger partial charge in [-0.05, 0) is 13.3 Å². The van der Waals surface area contributed by atoms with E-state index in [0.29, 0.717) is 19.0 Å². The van der Waals surface area contributed by atoms with Gasteiger partial charge in [0, 0.05) is 22.6 Å². The molecule has 0 N–H and O–H groups in total. The van der Waals surface area contributed by atoms with Crippen molar-refractivity contribution in [2.75, 3.05) is 19.8 Å². The molecule has 108 valence electrons. The third kappa shape index (κ3) is 5.54. The summed E-state index contributed by atoms with van der Waals surface area (Å²) in [5.74, 6) is 1.45. The van der Waals surface area contributed by atoms with E-state index in [1.807, 2.05) is 10.8 Å². The van der Waals surface area contributed by atoms with Gasteiger partial charge in [0.15, 0.2) is 17.6 Å². The van der Waals surface area contributed by atoms with Crippen LogP contribution in [0.4, 0.5) is 0 Å². The van der Waals surface area contributed by atoms with Crippen molar-refractivity contribution in [1.29, 1.82) is 0 Å². The molecule has 0 saturated heterocycles. The van der Waals surface area contributed by atoms with Crippen molar-refractivity contribution in [2.24, 2.45) is 0 Å². The molecule has 2 rings (SSSR count). The molecule has 0 bridgehead atoms. The van der Waals surface area contributed by atoms with Gasteiger partial charge in [-0.15, -0.1) is 11.3 Å². The van der Waals surface area contributed by atoms with Crippen LogP contribution in [0.1, 0.15) is 13.3 Å². The Balaban J connectivity index is 0.00000200. The molecule has 0 amide bonds. The fourth-order valence-corrected chi connectivity index (χ4v) is 2.61. The molecular weight excluding hydrogens is 331 g/mol. The zero-order valence-electron chi connectivity index (χ0n) is 11.4. The summed E-state index contributed by atoms with van der Waals surface area (Å²) in [6.07, 6.45) is -0.0235. The summed E-state index contributed by atoms with van der Waals surface area (Å²) >= 11 is 1.50. The Morgan fingerprint density at radius 3 is 2.90 bits per heavy atom. The van der Waals surface area contributed by atoms with E-state index in [1.54, 1.807) is 0 Å². The molecule has 1 aromatic heterocycles. The van der Waals surface area contributed by atoms with Crippen LogP contribution in [0.2, 0.25) is 0 Å². The Morgan fingerprint density at radius 1 is 1.50 bits per heavy atom. The second kappa shape index (κ2) is 8.44. The van der Waals surface area contributed by atoms with Crippen LogP contribution in [-0.2, 0) is 14.9 Å². The minimum atomic E-state index is -4.23. The molecular formula is C11H15KO6S2. The topological polar surface area (TPSA) is 84.9 Å². The first kappa shape index (κ1) is 18.9. The quantitative estimate of drug-likeness (QED) is 0.344. The van der Waals surface area contributed by atoms with E-state index in [4.69, 9.17) is 14.2 Å². The summed E-state index contributed by atoms with van der Waals surface area (Å²) in [7, 11) is -4.23. The van der Waals surface area contributed by atoms with Crippen molar-refractivity contribution in [1.82, 2.24) is 0 Å². The predicted octanol–water partition coefficient (Wildman–Crippen LogP) is -1.77. The molecule has 1 aliphatic heterocycles. The van der Waals surface area contributed by atoms with Crippen molar-refractivity contribution in [3.8, 4) is 11.5 Å². The summed E-state index contributed by atoms with van der Waals surface area (Å²) in [6, 6.07) is 0. The molecule has 20 heavy (non-hydrogen) atoms. The average Bonchev–Trinajstić information content (AvgIpc) is 2.80. The first-order valence-electron chi connectivity index (χ1n) is 5.85. The van der Waals surface area contributed by atoms with Gasteiger partial charge in [-0.1, -0.05) is 0 Å². The second-order valence-corrected chi connectivity index (χ2v) is 6.85. The van der Waals surface area contributed by atoms with E-state index in [9.17, 15) is 13.0 Å². The van der Waals surface area contributed by atoms with E-state index in [1.165, 1.54) is 18.3 Å². The van der Waals surface area contributed by atoms with Gasteiger partial charge in [-0.2, -0.15) is 0 Å². The van der Waals surface area contributed by atoms with Gasteiger partial charge in [0.1, 0.15) is 6.61 Å². The summed E-state index contributed by atoms with van der Waals surface area (Å²) in [5.41, 5.74) is 0. The van der Waals surface area contributed by atoms with Crippen LogP contribution in [0, 0.1) is 0 Å². The smallest absolute Gasteiger partial charge is 0.748 e. The standard InChI is InChI=1S/C11H16O6S2.K/c1-8(19(12,13)14)2-3-15-4-9-5-16-10-6-18-7-11(10)17-9;/h6-9H,2-5H2,1H3,(H,12,13,14);/q;+1/p-1. The van der Waals surface area contributed by atoms with E-state index >= 15 is 0 Å². The van der Waals surface area contributed by atoms with Crippen molar-refractivity contribution >= 4 is 21.5 Å². The summed E-state index contributed by atoms with van der Waals surface area (Å²) < 4.78 is 48.5. The van der Waals surface area contributed by atoms with Crippen LogP contribution in [0.25, 0.3) is 0 Å². The van der Waals surface area contributed by atoms with Gasteiger partial charge in [0.05, 0.1) is 16.7 Å². The largest absolute Gasteiger partial charge is 1.00 e. The van der Waals surface area contributed by atoms with Crippen LogP contribution in [-0.4, -0.2) is 44.1 Å². The monoisotopic (exact) mass is 346 g/mol.